The van der Waals surface area contributed by atoms with Gasteiger partial charge < -0.3 is 5.32 Å². The van der Waals surface area contributed by atoms with Crippen LogP contribution in [-0.2, 0) is 6.42 Å². The Morgan fingerprint density at radius 2 is 1.95 bits per heavy atom. The number of rotatable bonds is 4. The van der Waals surface area contributed by atoms with Crippen molar-refractivity contribution in [2.45, 2.75) is 45.4 Å². The van der Waals surface area contributed by atoms with E-state index in [1.54, 1.807) is 0 Å². The average Bonchev–Trinajstić information content (AvgIpc) is 2.46. The summed E-state index contributed by atoms with van der Waals surface area (Å²) in [5, 5.41) is 3.21. The van der Waals surface area contributed by atoms with E-state index in [4.69, 9.17) is 4.98 Å². The highest BCUT2D eigenvalue weighted by molar-refractivity contribution is 5.71. The number of hydrogen-bond donors (Lipinski definition) is 1. The second kappa shape index (κ2) is 5.84. The molecule has 1 N–H and O–H groups in total. The van der Waals surface area contributed by atoms with Gasteiger partial charge in [-0.3, -0.25) is 0 Å². The molecule has 1 heterocycles. The van der Waals surface area contributed by atoms with Gasteiger partial charge in [-0.25, -0.2) is 9.97 Å². The Bertz CT molecular complexity index is 645. The molecule has 0 saturated heterocycles. The number of nitrogens with zero attached hydrogens (tertiary/aromatic N) is 2. The highest BCUT2D eigenvalue weighted by Crippen LogP contribution is 2.41. The lowest BCUT2D eigenvalue weighted by Gasteiger charge is -2.28. The molecule has 1 aromatic heterocycles. The second-order valence-corrected chi connectivity index (χ2v) is 5.78. The van der Waals surface area contributed by atoms with Crippen LogP contribution in [0, 0.1) is 6.92 Å². The fourth-order valence-electron chi connectivity index (χ4n) is 3.01. The molecule has 0 spiro atoms. The summed E-state index contributed by atoms with van der Waals surface area (Å²) in [6.45, 7) is 4.21. The highest BCUT2D eigenvalue weighted by Gasteiger charge is 2.24. The third-order valence-electron chi connectivity index (χ3n) is 4.51. The Labute approximate surface area is 126 Å². The zero-order chi connectivity index (χ0) is 14.8. The van der Waals surface area contributed by atoms with Crippen LogP contribution >= 0.6 is 0 Å². The molecule has 3 nitrogen and oxygen atoms in total. The van der Waals surface area contributed by atoms with Crippen LogP contribution in [0.25, 0.3) is 11.3 Å². The van der Waals surface area contributed by atoms with E-state index < -0.39 is 0 Å². The topological polar surface area (TPSA) is 37.8 Å². The van der Waals surface area contributed by atoms with Gasteiger partial charge >= 0.3 is 0 Å². The number of nitrogens with one attached hydrogen (secondary N) is 1. The Morgan fingerprint density at radius 3 is 2.57 bits per heavy atom. The number of aromatic nitrogens is 2. The zero-order valence-electron chi connectivity index (χ0n) is 13.1. The fourth-order valence-corrected chi connectivity index (χ4v) is 3.01. The lowest BCUT2D eigenvalue weighted by atomic mass is 9.77. The summed E-state index contributed by atoms with van der Waals surface area (Å²) in [4.78, 5) is 9.40. The predicted octanol–water partition coefficient (Wildman–Crippen LogP) is 4.32. The Kier molecular flexibility index (Phi) is 3.91. The molecule has 1 aromatic carbocycles. The molecule has 3 heteroatoms. The predicted molar refractivity (Wildman–Crippen MR) is 87.7 cm³/mol. The molecule has 0 unspecified atom stereocenters. The van der Waals surface area contributed by atoms with Gasteiger partial charge in [-0.05, 0) is 31.2 Å². The summed E-state index contributed by atoms with van der Waals surface area (Å²) in [6, 6.07) is 8.74. The van der Waals surface area contributed by atoms with Gasteiger partial charge in [-0.1, -0.05) is 37.6 Å². The number of benzene rings is 1. The van der Waals surface area contributed by atoms with Crippen molar-refractivity contribution in [3.8, 4) is 11.3 Å². The van der Waals surface area contributed by atoms with E-state index in [9.17, 15) is 0 Å². The van der Waals surface area contributed by atoms with E-state index >= 15 is 0 Å². The van der Waals surface area contributed by atoms with Crippen molar-refractivity contribution >= 4 is 5.82 Å². The molecule has 0 radical (unpaired) electrons. The molecule has 110 valence electrons. The van der Waals surface area contributed by atoms with Crippen molar-refractivity contribution in [1.82, 2.24) is 9.97 Å². The van der Waals surface area contributed by atoms with Gasteiger partial charge in [0.05, 0.1) is 5.69 Å². The molecular formula is C18H23N3. The normalized spacial score (nSPS) is 14.8. The van der Waals surface area contributed by atoms with Crippen LogP contribution in [0.5, 0.6) is 0 Å². The SMILES string of the molecule is CCc1nc(NC)c(C)c(-c2ccccc2C2CCC2)n1. The first-order valence-electron chi connectivity index (χ1n) is 7.89. The maximum absolute atomic E-state index is 4.82. The second-order valence-electron chi connectivity index (χ2n) is 5.78. The van der Waals surface area contributed by atoms with Crippen LogP contribution in [0.1, 0.15) is 49.1 Å². The lowest BCUT2D eigenvalue weighted by Crippen LogP contribution is -2.11. The smallest absolute Gasteiger partial charge is 0.132 e. The molecule has 2 aromatic rings. The van der Waals surface area contributed by atoms with Crippen molar-refractivity contribution in [2.24, 2.45) is 0 Å². The Hall–Kier alpha value is -1.90. The van der Waals surface area contributed by atoms with E-state index in [2.05, 4.69) is 48.4 Å². The summed E-state index contributed by atoms with van der Waals surface area (Å²) in [5.74, 6) is 2.56. The third kappa shape index (κ3) is 2.53. The monoisotopic (exact) mass is 281 g/mol. The van der Waals surface area contributed by atoms with Gasteiger partial charge in [0, 0.05) is 24.6 Å². The molecule has 0 bridgehead atoms. The van der Waals surface area contributed by atoms with E-state index in [1.807, 2.05) is 7.05 Å². The lowest BCUT2D eigenvalue weighted by molar-refractivity contribution is 0.420. The fraction of sp³-hybridized carbons (Fsp3) is 0.444. The number of anilines is 1. The maximum atomic E-state index is 4.82. The molecular weight excluding hydrogens is 258 g/mol. The van der Waals surface area contributed by atoms with Gasteiger partial charge in [-0.2, -0.15) is 0 Å². The van der Waals surface area contributed by atoms with Gasteiger partial charge in [0.2, 0.25) is 0 Å². The summed E-state index contributed by atoms with van der Waals surface area (Å²) in [7, 11) is 1.93. The van der Waals surface area contributed by atoms with Gasteiger partial charge in [0.15, 0.2) is 0 Å². The molecule has 0 amide bonds. The first-order chi connectivity index (χ1) is 10.2. The number of hydrogen-bond acceptors (Lipinski definition) is 3. The van der Waals surface area contributed by atoms with Crippen LogP contribution in [0.4, 0.5) is 5.82 Å². The van der Waals surface area contributed by atoms with E-state index in [0.29, 0.717) is 5.92 Å². The third-order valence-corrected chi connectivity index (χ3v) is 4.51. The molecule has 21 heavy (non-hydrogen) atoms. The number of aryl methyl sites for hydroxylation is 1. The summed E-state index contributed by atoms with van der Waals surface area (Å²) >= 11 is 0. The Balaban J connectivity index is 2.16. The molecule has 1 fully saturated rings. The summed E-state index contributed by atoms with van der Waals surface area (Å²) in [5.41, 5.74) is 4.97. The minimum absolute atomic E-state index is 0.707. The minimum atomic E-state index is 0.707. The van der Waals surface area contributed by atoms with E-state index in [-0.39, 0.29) is 0 Å². The van der Waals surface area contributed by atoms with Crippen LogP contribution < -0.4 is 5.32 Å². The van der Waals surface area contributed by atoms with Crippen LogP contribution in [0.2, 0.25) is 0 Å². The highest BCUT2D eigenvalue weighted by atomic mass is 15.0. The molecule has 3 rings (SSSR count). The molecule has 1 aliphatic rings. The van der Waals surface area contributed by atoms with Gasteiger partial charge in [0.25, 0.3) is 0 Å². The molecule has 0 atom stereocenters. The molecule has 1 aliphatic carbocycles. The summed E-state index contributed by atoms with van der Waals surface area (Å²) < 4.78 is 0. The van der Waals surface area contributed by atoms with Gasteiger partial charge in [-0.15, -0.1) is 0 Å². The zero-order valence-corrected chi connectivity index (χ0v) is 13.1. The van der Waals surface area contributed by atoms with Crippen LogP contribution in [0.3, 0.4) is 0 Å². The standard InChI is InChI=1S/C18H23N3/c1-4-16-20-17(12(2)18(19-3)21-16)15-11-6-5-10-14(15)13-8-7-9-13/h5-6,10-11,13H,4,7-9H2,1-3H3,(H,19,20,21). The summed E-state index contributed by atoms with van der Waals surface area (Å²) in [6.07, 6.45) is 4.82. The minimum Gasteiger partial charge on any atom is -0.373 e. The maximum Gasteiger partial charge on any atom is 0.132 e. The molecule has 0 aliphatic heterocycles. The first kappa shape index (κ1) is 14.1. The van der Waals surface area contributed by atoms with Crippen molar-refractivity contribution < 1.29 is 0 Å². The van der Waals surface area contributed by atoms with Crippen molar-refractivity contribution in [3.05, 3.63) is 41.2 Å². The first-order valence-corrected chi connectivity index (χ1v) is 7.89. The van der Waals surface area contributed by atoms with Crippen molar-refractivity contribution in [1.29, 1.82) is 0 Å². The van der Waals surface area contributed by atoms with Crippen LogP contribution in [0.15, 0.2) is 24.3 Å². The Morgan fingerprint density at radius 1 is 1.19 bits per heavy atom. The van der Waals surface area contributed by atoms with E-state index in [1.165, 1.54) is 30.4 Å². The average molecular weight is 281 g/mol. The van der Waals surface area contributed by atoms with E-state index in [0.717, 1.165) is 29.3 Å². The largest absolute Gasteiger partial charge is 0.373 e. The molecule has 1 saturated carbocycles. The quantitative estimate of drug-likeness (QED) is 0.906. The van der Waals surface area contributed by atoms with Crippen LogP contribution in [-0.4, -0.2) is 17.0 Å². The van der Waals surface area contributed by atoms with Crippen molar-refractivity contribution in [2.75, 3.05) is 12.4 Å². The van der Waals surface area contributed by atoms with Gasteiger partial charge in [0.1, 0.15) is 11.6 Å². The van der Waals surface area contributed by atoms with Crippen molar-refractivity contribution in [3.63, 3.8) is 0 Å².